The van der Waals surface area contributed by atoms with Crippen molar-refractivity contribution in [3.8, 4) is 6.07 Å². The van der Waals surface area contributed by atoms with Gasteiger partial charge in [0.25, 0.3) is 5.91 Å². The van der Waals surface area contributed by atoms with E-state index in [0.717, 1.165) is 31.9 Å². The molecule has 0 aromatic carbocycles. The highest BCUT2D eigenvalue weighted by Crippen LogP contribution is 2.18. The maximum Gasteiger partial charge on any atom is 0.287 e. The van der Waals surface area contributed by atoms with Crippen LogP contribution in [0.2, 0.25) is 0 Å². The molecule has 1 aliphatic heterocycles. The SMILES string of the molecule is C/N=C(\C=C/CNC(=O)c1nc(C#N)c[nH]1)C(C)(C)N1CCNCC1. The van der Waals surface area contributed by atoms with E-state index in [4.69, 9.17) is 5.26 Å². The van der Waals surface area contributed by atoms with Gasteiger partial charge in [0.2, 0.25) is 0 Å². The lowest BCUT2D eigenvalue weighted by atomic mass is 9.94. The van der Waals surface area contributed by atoms with Crippen molar-refractivity contribution in [1.82, 2.24) is 25.5 Å². The minimum atomic E-state index is -0.345. The van der Waals surface area contributed by atoms with Crippen LogP contribution < -0.4 is 10.6 Å². The van der Waals surface area contributed by atoms with E-state index in [2.05, 4.69) is 44.3 Å². The number of aliphatic imine (C=N–C) groups is 1. The van der Waals surface area contributed by atoms with Crippen molar-refractivity contribution in [3.05, 3.63) is 29.9 Å². The van der Waals surface area contributed by atoms with Gasteiger partial charge >= 0.3 is 0 Å². The molecule has 8 heteroatoms. The van der Waals surface area contributed by atoms with Crippen LogP contribution in [0, 0.1) is 11.3 Å². The molecule has 0 saturated carbocycles. The smallest absolute Gasteiger partial charge is 0.287 e. The van der Waals surface area contributed by atoms with Crippen LogP contribution in [0.3, 0.4) is 0 Å². The molecule has 1 aromatic heterocycles. The number of nitriles is 1. The van der Waals surface area contributed by atoms with Gasteiger partial charge < -0.3 is 15.6 Å². The fraction of sp³-hybridized carbons (Fsp3) is 0.529. The third kappa shape index (κ3) is 4.75. The predicted molar refractivity (Wildman–Crippen MR) is 96.7 cm³/mol. The average molecular weight is 343 g/mol. The average Bonchev–Trinajstić information content (AvgIpc) is 3.11. The molecule has 0 bridgehead atoms. The van der Waals surface area contributed by atoms with Crippen molar-refractivity contribution in [1.29, 1.82) is 5.26 Å². The summed E-state index contributed by atoms with van der Waals surface area (Å²) in [6.45, 7) is 8.61. The normalized spacial score (nSPS) is 16.8. The lowest BCUT2D eigenvalue weighted by Gasteiger charge is -2.41. The van der Waals surface area contributed by atoms with Crippen LogP contribution >= 0.6 is 0 Å². The highest BCUT2D eigenvalue weighted by Gasteiger charge is 2.31. The number of nitrogens with one attached hydrogen (secondary N) is 3. The van der Waals surface area contributed by atoms with Gasteiger partial charge in [-0.15, -0.1) is 0 Å². The molecule has 25 heavy (non-hydrogen) atoms. The highest BCUT2D eigenvalue weighted by atomic mass is 16.2. The molecule has 1 fully saturated rings. The van der Waals surface area contributed by atoms with E-state index in [1.807, 2.05) is 18.2 Å². The molecule has 3 N–H and O–H groups in total. The fourth-order valence-corrected chi connectivity index (χ4v) is 2.84. The van der Waals surface area contributed by atoms with Gasteiger partial charge in [0.1, 0.15) is 6.07 Å². The van der Waals surface area contributed by atoms with Gasteiger partial charge in [-0.05, 0) is 19.9 Å². The first kappa shape index (κ1) is 18.8. The Morgan fingerprint density at radius 2 is 2.24 bits per heavy atom. The zero-order valence-corrected chi connectivity index (χ0v) is 15.0. The molecule has 1 aliphatic rings. The van der Waals surface area contributed by atoms with E-state index in [9.17, 15) is 4.79 Å². The van der Waals surface area contributed by atoms with Gasteiger partial charge in [0.15, 0.2) is 11.5 Å². The molecule has 2 heterocycles. The van der Waals surface area contributed by atoms with Crippen LogP contribution in [0.4, 0.5) is 0 Å². The summed E-state index contributed by atoms with van der Waals surface area (Å²) in [5.74, 6) is -0.210. The number of rotatable bonds is 6. The largest absolute Gasteiger partial charge is 0.346 e. The summed E-state index contributed by atoms with van der Waals surface area (Å²) in [4.78, 5) is 25.3. The van der Waals surface area contributed by atoms with Crippen molar-refractivity contribution in [2.24, 2.45) is 4.99 Å². The lowest BCUT2D eigenvalue weighted by Crippen LogP contribution is -2.56. The summed E-state index contributed by atoms with van der Waals surface area (Å²) < 4.78 is 0. The molecule has 1 amide bonds. The Morgan fingerprint density at radius 3 is 2.84 bits per heavy atom. The van der Waals surface area contributed by atoms with Crippen molar-refractivity contribution in [3.63, 3.8) is 0 Å². The summed E-state index contributed by atoms with van der Waals surface area (Å²) in [7, 11) is 1.79. The second kappa shape index (κ2) is 8.55. The number of hydrogen-bond acceptors (Lipinski definition) is 6. The summed E-state index contributed by atoms with van der Waals surface area (Å²) >= 11 is 0. The van der Waals surface area contributed by atoms with Gasteiger partial charge in [-0.2, -0.15) is 5.26 Å². The Labute approximate surface area is 148 Å². The van der Waals surface area contributed by atoms with Gasteiger partial charge in [-0.1, -0.05) is 6.08 Å². The number of imidazole rings is 1. The van der Waals surface area contributed by atoms with Crippen molar-refractivity contribution in [2.45, 2.75) is 19.4 Å². The molecule has 1 saturated heterocycles. The minimum Gasteiger partial charge on any atom is -0.346 e. The molecule has 134 valence electrons. The van der Waals surface area contributed by atoms with Crippen LogP contribution in [-0.4, -0.2) is 71.8 Å². The van der Waals surface area contributed by atoms with Crippen molar-refractivity contribution >= 4 is 11.6 Å². The zero-order valence-electron chi connectivity index (χ0n) is 15.0. The summed E-state index contributed by atoms with van der Waals surface area (Å²) in [5.41, 5.74) is 0.993. The number of aromatic amines is 1. The Balaban J connectivity index is 1.90. The molecule has 2 rings (SSSR count). The van der Waals surface area contributed by atoms with Crippen LogP contribution in [0.15, 0.2) is 23.3 Å². The summed E-state index contributed by atoms with van der Waals surface area (Å²) in [6, 6.07) is 1.88. The predicted octanol–water partition coefficient (Wildman–Crippen LogP) is 0.322. The summed E-state index contributed by atoms with van der Waals surface area (Å²) in [5, 5.41) is 14.8. The van der Waals surface area contributed by atoms with Gasteiger partial charge in [0, 0.05) is 46.0 Å². The van der Waals surface area contributed by atoms with E-state index >= 15 is 0 Å². The first-order chi connectivity index (χ1) is 12.0. The number of hydrogen-bond donors (Lipinski definition) is 3. The number of nitrogens with zero attached hydrogens (tertiary/aromatic N) is 4. The number of carbonyl (C=O) groups is 1. The molecule has 0 spiro atoms. The first-order valence-electron chi connectivity index (χ1n) is 8.32. The standard InChI is InChI=1S/C17H25N7O/c1-17(2,24-9-7-20-8-10-24)14(19-3)5-4-6-21-16(25)15-22-12-13(11-18)23-15/h4-5,12,20H,6-10H2,1-3H3,(H,21,25)(H,22,23)/b5-4-,19-14+. The van der Waals surface area contributed by atoms with E-state index in [1.54, 1.807) is 7.05 Å². The van der Waals surface area contributed by atoms with Crippen LogP contribution in [0.1, 0.15) is 30.2 Å². The highest BCUT2D eigenvalue weighted by molar-refractivity contribution is 6.02. The molecule has 1 aromatic rings. The quantitative estimate of drug-likeness (QED) is 0.645. The van der Waals surface area contributed by atoms with E-state index in [-0.39, 0.29) is 23.0 Å². The molecule has 0 unspecified atom stereocenters. The van der Waals surface area contributed by atoms with E-state index in [1.165, 1.54) is 6.20 Å². The number of aromatic nitrogens is 2. The Bertz CT molecular complexity index is 690. The van der Waals surface area contributed by atoms with Crippen LogP contribution in [0.5, 0.6) is 0 Å². The van der Waals surface area contributed by atoms with Gasteiger partial charge in [-0.25, -0.2) is 4.98 Å². The summed E-state index contributed by atoms with van der Waals surface area (Å²) in [6.07, 6.45) is 5.23. The van der Waals surface area contributed by atoms with Crippen LogP contribution in [-0.2, 0) is 0 Å². The topological polar surface area (TPSA) is 109 Å². The number of amides is 1. The molecule has 0 aliphatic carbocycles. The maximum absolute atomic E-state index is 11.9. The molecule has 0 atom stereocenters. The second-order valence-electron chi connectivity index (χ2n) is 6.26. The second-order valence-corrected chi connectivity index (χ2v) is 6.26. The Kier molecular flexibility index (Phi) is 6.44. The molecule has 0 radical (unpaired) electrons. The van der Waals surface area contributed by atoms with Crippen molar-refractivity contribution < 1.29 is 4.79 Å². The Hall–Kier alpha value is -2.50. The number of piperazine rings is 1. The minimum absolute atomic E-state index is 0.135. The fourth-order valence-electron chi connectivity index (χ4n) is 2.84. The third-order valence-corrected chi connectivity index (χ3v) is 4.34. The van der Waals surface area contributed by atoms with Gasteiger partial charge in [-0.3, -0.25) is 14.7 Å². The van der Waals surface area contributed by atoms with E-state index in [0.29, 0.717) is 6.54 Å². The molecular weight excluding hydrogens is 318 g/mol. The molecular formula is C17H25N7O. The van der Waals surface area contributed by atoms with E-state index < -0.39 is 0 Å². The van der Waals surface area contributed by atoms with Gasteiger partial charge in [0.05, 0.1) is 11.3 Å². The zero-order chi connectivity index (χ0) is 18.3. The monoisotopic (exact) mass is 343 g/mol. The van der Waals surface area contributed by atoms with Crippen molar-refractivity contribution in [2.75, 3.05) is 39.8 Å². The Morgan fingerprint density at radius 1 is 1.52 bits per heavy atom. The lowest BCUT2D eigenvalue weighted by molar-refractivity contribution is 0.0948. The molecule has 8 nitrogen and oxygen atoms in total. The maximum atomic E-state index is 11.9. The number of H-pyrrole nitrogens is 1. The number of carbonyl (C=O) groups excluding carboxylic acids is 1. The van der Waals surface area contributed by atoms with Crippen LogP contribution in [0.25, 0.3) is 0 Å². The first-order valence-corrected chi connectivity index (χ1v) is 8.32. The third-order valence-electron chi connectivity index (χ3n) is 4.34.